The molecule has 2 rings (SSSR count). The molecule has 1 aromatic rings. The Hall–Kier alpha value is -1.13. The van der Waals surface area contributed by atoms with Gasteiger partial charge in [0.05, 0.1) is 0 Å². The van der Waals surface area contributed by atoms with Gasteiger partial charge in [0.1, 0.15) is 0 Å². The van der Waals surface area contributed by atoms with Gasteiger partial charge in [0.2, 0.25) is 0 Å². The number of carbonyl (C=O) groups is 1. The van der Waals surface area contributed by atoms with Crippen LogP contribution in [0, 0.1) is 5.92 Å². The van der Waals surface area contributed by atoms with E-state index in [2.05, 4.69) is 17.9 Å². The fourth-order valence-electron chi connectivity index (χ4n) is 3.02. The Morgan fingerprint density at radius 2 is 2.29 bits per heavy atom. The van der Waals surface area contributed by atoms with Gasteiger partial charge in [0, 0.05) is 22.4 Å². The molecule has 1 aromatic heterocycles. The van der Waals surface area contributed by atoms with Gasteiger partial charge in [-0.1, -0.05) is 19.8 Å². The van der Waals surface area contributed by atoms with Gasteiger partial charge in [0.15, 0.2) is 0 Å². The van der Waals surface area contributed by atoms with E-state index in [1.54, 1.807) is 17.4 Å². The van der Waals surface area contributed by atoms with Crippen LogP contribution in [-0.4, -0.2) is 29.1 Å². The van der Waals surface area contributed by atoms with Crippen molar-refractivity contribution in [1.82, 2.24) is 4.90 Å². The largest absolute Gasteiger partial charge is 0.478 e. The van der Waals surface area contributed by atoms with Gasteiger partial charge < -0.3 is 5.11 Å². The third-order valence-corrected chi connectivity index (χ3v) is 5.12. The molecule has 0 saturated carbocycles. The molecule has 1 unspecified atom stereocenters. The zero-order valence-electron chi connectivity index (χ0n) is 12.8. The van der Waals surface area contributed by atoms with Crippen molar-refractivity contribution in [2.45, 2.75) is 45.6 Å². The quantitative estimate of drug-likeness (QED) is 0.799. The first-order valence-electron chi connectivity index (χ1n) is 7.89. The Balaban J connectivity index is 1.85. The van der Waals surface area contributed by atoms with Gasteiger partial charge in [-0.05, 0) is 56.5 Å². The maximum atomic E-state index is 10.5. The van der Waals surface area contributed by atoms with Crippen molar-refractivity contribution in [3.8, 4) is 0 Å². The first-order valence-corrected chi connectivity index (χ1v) is 8.71. The molecule has 1 N–H and O–H groups in total. The molecule has 3 nitrogen and oxygen atoms in total. The summed E-state index contributed by atoms with van der Waals surface area (Å²) in [5.74, 6) is 0.0248. The molecule has 1 aliphatic rings. The number of hydrogen-bond acceptors (Lipinski definition) is 3. The van der Waals surface area contributed by atoms with Crippen LogP contribution in [0.3, 0.4) is 0 Å². The number of carboxylic acid groups (broad SMARTS) is 1. The molecular weight excluding hydrogens is 282 g/mol. The lowest BCUT2D eigenvalue weighted by Crippen LogP contribution is -2.23. The zero-order valence-corrected chi connectivity index (χ0v) is 13.6. The van der Waals surface area contributed by atoms with Crippen LogP contribution in [0.1, 0.15) is 48.8 Å². The van der Waals surface area contributed by atoms with Crippen molar-refractivity contribution in [3.05, 3.63) is 28.0 Å². The van der Waals surface area contributed by atoms with Crippen molar-refractivity contribution in [1.29, 1.82) is 0 Å². The Morgan fingerprint density at radius 3 is 3.05 bits per heavy atom. The third-order valence-electron chi connectivity index (χ3n) is 4.09. The van der Waals surface area contributed by atoms with Crippen LogP contribution < -0.4 is 0 Å². The third kappa shape index (κ3) is 5.64. The van der Waals surface area contributed by atoms with E-state index in [-0.39, 0.29) is 0 Å². The van der Waals surface area contributed by atoms with Gasteiger partial charge in [-0.15, -0.1) is 11.3 Å². The number of aliphatic carboxylic acids is 1. The van der Waals surface area contributed by atoms with E-state index in [4.69, 9.17) is 5.11 Å². The summed E-state index contributed by atoms with van der Waals surface area (Å²) >= 11 is 1.69. The van der Waals surface area contributed by atoms with E-state index in [1.165, 1.54) is 56.1 Å². The molecule has 0 aromatic carbocycles. The summed E-state index contributed by atoms with van der Waals surface area (Å²) in [6, 6.07) is 4.14. The van der Waals surface area contributed by atoms with E-state index < -0.39 is 5.97 Å². The van der Waals surface area contributed by atoms with E-state index in [9.17, 15) is 4.79 Å². The van der Waals surface area contributed by atoms with Crippen LogP contribution in [0.5, 0.6) is 0 Å². The first-order chi connectivity index (χ1) is 10.2. The molecule has 4 heteroatoms. The van der Waals surface area contributed by atoms with Crippen molar-refractivity contribution in [3.63, 3.8) is 0 Å². The highest BCUT2D eigenvalue weighted by Gasteiger charge is 2.16. The Morgan fingerprint density at radius 1 is 1.43 bits per heavy atom. The topological polar surface area (TPSA) is 40.5 Å². The van der Waals surface area contributed by atoms with Gasteiger partial charge in [-0.3, -0.25) is 4.90 Å². The molecule has 1 saturated heterocycles. The van der Waals surface area contributed by atoms with E-state index in [0.29, 0.717) is 0 Å². The predicted octanol–water partition coefficient (Wildman–Crippen LogP) is 4.25. The van der Waals surface area contributed by atoms with Crippen molar-refractivity contribution < 1.29 is 9.90 Å². The summed E-state index contributed by atoms with van der Waals surface area (Å²) in [6.07, 6.45) is 9.56. The minimum atomic E-state index is -0.889. The zero-order chi connectivity index (χ0) is 15.1. The second-order valence-corrected chi connectivity index (χ2v) is 7.04. The SMILES string of the molecule is CCCC1CCCN(Cc2ccc(C=CC(=O)O)s2)CC1. The van der Waals surface area contributed by atoms with Crippen LogP contribution in [0.4, 0.5) is 0 Å². The monoisotopic (exact) mass is 307 g/mol. The summed E-state index contributed by atoms with van der Waals surface area (Å²) in [7, 11) is 0. The molecule has 1 aliphatic heterocycles. The number of likely N-dealkylation sites (tertiary alicyclic amines) is 1. The predicted molar refractivity (Wildman–Crippen MR) is 88.5 cm³/mol. The van der Waals surface area contributed by atoms with Crippen LogP contribution in [0.15, 0.2) is 18.2 Å². The van der Waals surface area contributed by atoms with Crippen LogP contribution in [0.2, 0.25) is 0 Å². The fourth-order valence-corrected chi connectivity index (χ4v) is 3.98. The lowest BCUT2D eigenvalue weighted by atomic mass is 9.96. The summed E-state index contributed by atoms with van der Waals surface area (Å²) in [5.41, 5.74) is 0. The number of thiophene rings is 1. The maximum absolute atomic E-state index is 10.5. The number of nitrogens with zero attached hydrogens (tertiary/aromatic N) is 1. The maximum Gasteiger partial charge on any atom is 0.328 e. The fraction of sp³-hybridized carbons (Fsp3) is 0.588. The summed E-state index contributed by atoms with van der Waals surface area (Å²) in [6.45, 7) is 5.67. The molecule has 0 amide bonds. The second kappa shape index (κ2) is 8.35. The number of rotatable bonds is 6. The molecule has 1 fully saturated rings. The smallest absolute Gasteiger partial charge is 0.328 e. The second-order valence-electron chi connectivity index (χ2n) is 5.84. The average Bonchev–Trinajstić information content (AvgIpc) is 2.78. The van der Waals surface area contributed by atoms with Gasteiger partial charge >= 0.3 is 5.97 Å². The molecule has 21 heavy (non-hydrogen) atoms. The van der Waals surface area contributed by atoms with E-state index >= 15 is 0 Å². The van der Waals surface area contributed by atoms with Crippen molar-refractivity contribution >= 4 is 23.4 Å². The lowest BCUT2D eigenvalue weighted by Gasteiger charge is -2.19. The molecule has 0 spiro atoms. The highest BCUT2D eigenvalue weighted by Crippen LogP contribution is 2.25. The van der Waals surface area contributed by atoms with E-state index in [0.717, 1.165) is 17.3 Å². The standard InChI is InChI=1S/C17H25NO2S/c1-2-4-14-5-3-11-18(12-10-14)13-16-7-6-15(21-16)8-9-17(19)20/h6-9,14H,2-5,10-13H2,1H3,(H,19,20). The Kier molecular flexibility index (Phi) is 6.46. The molecule has 0 aliphatic carbocycles. The normalized spacial score (nSPS) is 20.7. The van der Waals surface area contributed by atoms with Crippen molar-refractivity contribution in [2.24, 2.45) is 5.92 Å². The molecule has 0 radical (unpaired) electrons. The number of hydrogen-bond donors (Lipinski definition) is 1. The Labute approximate surface area is 131 Å². The summed E-state index contributed by atoms with van der Waals surface area (Å²) in [4.78, 5) is 15.4. The lowest BCUT2D eigenvalue weighted by molar-refractivity contribution is -0.131. The molecular formula is C17H25NO2S. The molecule has 1 atom stereocenters. The molecule has 0 bridgehead atoms. The van der Waals surface area contributed by atoms with Crippen LogP contribution in [0.25, 0.3) is 6.08 Å². The van der Waals surface area contributed by atoms with Crippen LogP contribution >= 0.6 is 11.3 Å². The van der Waals surface area contributed by atoms with Crippen LogP contribution in [-0.2, 0) is 11.3 Å². The first kappa shape index (κ1) is 16.2. The van der Waals surface area contributed by atoms with Gasteiger partial charge in [-0.2, -0.15) is 0 Å². The van der Waals surface area contributed by atoms with Crippen molar-refractivity contribution in [2.75, 3.05) is 13.1 Å². The average molecular weight is 307 g/mol. The highest BCUT2D eigenvalue weighted by molar-refractivity contribution is 7.12. The summed E-state index contributed by atoms with van der Waals surface area (Å²) in [5, 5.41) is 8.65. The number of carboxylic acids is 1. The van der Waals surface area contributed by atoms with Gasteiger partial charge in [-0.25, -0.2) is 4.79 Å². The summed E-state index contributed by atoms with van der Waals surface area (Å²) < 4.78 is 0. The minimum Gasteiger partial charge on any atom is -0.478 e. The Bertz CT molecular complexity index is 481. The van der Waals surface area contributed by atoms with Gasteiger partial charge in [0.25, 0.3) is 0 Å². The molecule has 2 heterocycles. The molecule has 116 valence electrons. The van der Waals surface area contributed by atoms with E-state index in [1.807, 2.05) is 6.07 Å². The highest BCUT2D eigenvalue weighted by atomic mass is 32.1. The minimum absolute atomic E-state index is 0.889.